The summed E-state index contributed by atoms with van der Waals surface area (Å²) >= 11 is 3.30. The lowest BCUT2D eigenvalue weighted by Gasteiger charge is -2.27. The number of halogens is 1. The highest BCUT2D eigenvalue weighted by atomic mass is 79.9. The number of likely N-dealkylation sites (tertiary alicyclic amines) is 1. The minimum atomic E-state index is -0.743. The molecule has 4 heteroatoms. The van der Waals surface area contributed by atoms with E-state index in [0.717, 1.165) is 13.0 Å². The highest BCUT2D eigenvalue weighted by molar-refractivity contribution is 9.10. The Bertz CT molecular complexity index is 206. The van der Waals surface area contributed by atoms with Gasteiger partial charge in [-0.1, -0.05) is 22.9 Å². The second-order valence-corrected chi connectivity index (χ2v) is 4.97. The Labute approximate surface area is 87.2 Å². The number of carbonyl (C=O) groups excluding carboxylic acids is 1. The molecule has 2 atom stereocenters. The lowest BCUT2D eigenvalue weighted by Crippen LogP contribution is -2.41. The first-order chi connectivity index (χ1) is 5.96. The maximum absolute atomic E-state index is 11.5. The second-order valence-electron chi connectivity index (χ2n) is 3.87. The summed E-state index contributed by atoms with van der Waals surface area (Å²) < 4.78 is 0. The second kappa shape index (κ2) is 3.96. The number of hydrogen-bond acceptors (Lipinski definition) is 2. The third kappa shape index (κ3) is 2.68. The van der Waals surface area contributed by atoms with E-state index in [-0.39, 0.29) is 10.7 Å². The number of alkyl halides is 1. The van der Waals surface area contributed by atoms with Gasteiger partial charge >= 0.3 is 0 Å². The summed E-state index contributed by atoms with van der Waals surface area (Å²) in [6.07, 6.45) is 1.52. The third-order valence-electron chi connectivity index (χ3n) is 2.53. The maximum Gasteiger partial charge on any atom is 0.236 e. The molecular formula is C9H16BrNO2. The maximum atomic E-state index is 11.5. The average molecular weight is 250 g/mol. The number of hydrogen-bond donors (Lipinski definition) is 1. The van der Waals surface area contributed by atoms with Gasteiger partial charge in [0, 0.05) is 13.1 Å². The van der Waals surface area contributed by atoms with Crippen molar-refractivity contribution in [2.24, 2.45) is 0 Å². The van der Waals surface area contributed by atoms with Gasteiger partial charge in [0.2, 0.25) is 5.91 Å². The first-order valence-corrected chi connectivity index (χ1v) is 5.53. The zero-order valence-electron chi connectivity index (χ0n) is 8.09. The predicted molar refractivity (Wildman–Crippen MR) is 54.8 cm³/mol. The van der Waals surface area contributed by atoms with Crippen LogP contribution in [0.1, 0.15) is 26.7 Å². The number of amides is 1. The molecule has 0 radical (unpaired) electrons. The van der Waals surface area contributed by atoms with E-state index in [1.807, 2.05) is 6.92 Å². The van der Waals surface area contributed by atoms with Crippen LogP contribution in [0.4, 0.5) is 0 Å². The van der Waals surface area contributed by atoms with Gasteiger partial charge in [0.1, 0.15) is 0 Å². The van der Waals surface area contributed by atoms with E-state index in [1.165, 1.54) is 0 Å². The van der Waals surface area contributed by atoms with Crippen molar-refractivity contribution in [2.45, 2.75) is 37.1 Å². The largest absolute Gasteiger partial charge is 0.388 e. The Balaban J connectivity index is 2.51. The van der Waals surface area contributed by atoms with E-state index in [2.05, 4.69) is 15.9 Å². The van der Waals surface area contributed by atoms with Crippen molar-refractivity contribution in [2.75, 3.05) is 13.1 Å². The minimum Gasteiger partial charge on any atom is -0.388 e. The van der Waals surface area contributed by atoms with Crippen LogP contribution in [0.5, 0.6) is 0 Å². The van der Waals surface area contributed by atoms with E-state index in [1.54, 1.807) is 11.8 Å². The Morgan fingerprint density at radius 2 is 2.38 bits per heavy atom. The fraction of sp³-hybridized carbons (Fsp3) is 0.889. The molecule has 1 aliphatic heterocycles. The monoisotopic (exact) mass is 249 g/mol. The van der Waals surface area contributed by atoms with Gasteiger partial charge in [-0.15, -0.1) is 0 Å². The Kier molecular flexibility index (Phi) is 3.35. The van der Waals surface area contributed by atoms with Crippen molar-refractivity contribution < 1.29 is 9.90 Å². The summed E-state index contributed by atoms with van der Waals surface area (Å²) in [6, 6.07) is 0. The lowest BCUT2D eigenvalue weighted by molar-refractivity contribution is -0.130. The molecule has 0 saturated carbocycles. The quantitative estimate of drug-likeness (QED) is 0.763. The molecule has 0 aromatic carbocycles. The molecule has 1 heterocycles. The number of carbonyl (C=O) groups is 1. The molecule has 0 aromatic rings. The van der Waals surface area contributed by atoms with Crippen LogP contribution in [0.2, 0.25) is 0 Å². The summed E-state index contributed by atoms with van der Waals surface area (Å²) in [5.74, 6) is 0.105. The molecule has 0 bridgehead atoms. The van der Waals surface area contributed by atoms with Crippen molar-refractivity contribution in [3.05, 3.63) is 0 Å². The van der Waals surface area contributed by atoms with E-state index < -0.39 is 5.60 Å². The Morgan fingerprint density at radius 3 is 2.77 bits per heavy atom. The molecule has 13 heavy (non-hydrogen) atoms. The van der Waals surface area contributed by atoms with Crippen molar-refractivity contribution in [3.8, 4) is 0 Å². The number of rotatable bonds is 3. The fourth-order valence-corrected chi connectivity index (χ4v) is 1.88. The van der Waals surface area contributed by atoms with E-state index >= 15 is 0 Å². The van der Waals surface area contributed by atoms with Gasteiger partial charge in [-0.2, -0.15) is 0 Å². The zero-order valence-corrected chi connectivity index (χ0v) is 9.67. The van der Waals surface area contributed by atoms with Crippen LogP contribution in [0, 0.1) is 0 Å². The SMILES string of the molecule is CCC(C)(O)CN1CCC(Br)C1=O. The fourth-order valence-electron chi connectivity index (χ4n) is 1.38. The molecule has 0 spiro atoms. The zero-order chi connectivity index (χ0) is 10.1. The van der Waals surface area contributed by atoms with Gasteiger partial charge in [-0.25, -0.2) is 0 Å². The molecule has 1 saturated heterocycles. The van der Waals surface area contributed by atoms with Gasteiger partial charge < -0.3 is 10.0 Å². The highest BCUT2D eigenvalue weighted by Crippen LogP contribution is 2.21. The molecule has 1 rings (SSSR count). The van der Waals surface area contributed by atoms with Crippen LogP contribution in [-0.4, -0.2) is 39.4 Å². The van der Waals surface area contributed by atoms with Crippen LogP contribution in [0.25, 0.3) is 0 Å². The molecule has 2 unspecified atom stereocenters. The normalized spacial score (nSPS) is 27.8. The Hall–Kier alpha value is -0.0900. The van der Waals surface area contributed by atoms with Crippen LogP contribution in [0.15, 0.2) is 0 Å². The molecule has 1 amide bonds. The van der Waals surface area contributed by atoms with Gasteiger partial charge in [-0.3, -0.25) is 4.79 Å². The van der Waals surface area contributed by atoms with Crippen LogP contribution in [0.3, 0.4) is 0 Å². The molecule has 1 fully saturated rings. The summed E-state index contributed by atoms with van der Waals surface area (Å²) in [5, 5.41) is 9.78. The molecule has 0 aromatic heterocycles. The third-order valence-corrected chi connectivity index (χ3v) is 3.37. The molecule has 3 nitrogen and oxygen atoms in total. The topological polar surface area (TPSA) is 40.5 Å². The molecule has 76 valence electrons. The number of β-amino-alcohol motifs (C(OH)–C–C–N with tert-alkyl or cyclic N) is 1. The van der Waals surface area contributed by atoms with Crippen molar-refractivity contribution in [1.82, 2.24) is 4.90 Å². The smallest absolute Gasteiger partial charge is 0.236 e. The van der Waals surface area contributed by atoms with Gasteiger partial charge in [0.25, 0.3) is 0 Å². The van der Waals surface area contributed by atoms with E-state index in [0.29, 0.717) is 13.0 Å². The van der Waals surface area contributed by atoms with Gasteiger partial charge in [-0.05, 0) is 19.8 Å². The first-order valence-electron chi connectivity index (χ1n) is 4.61. The summed E-state index contributed by atoms with van der Waals surface area (Å²) in [6.45, 7) is 4.89. The van der Waals surface area contributed by atoms with Gasteiger partial charge in [0.05, 0.1) is 10.4 Å². The molecular weight excluding hydrogens is 234 g/mol. The minimum absolute atomic E-state index is 0.0415. The average Bonchev–Trinajstić information content (AvgIpc) is 2.36. The van der Waals surface area contributed by atoms with Crippen molar-refractivity contribution >= 4 is 21.8 Å². The summed E-state index contributed by atoms with van der Waals surface area (Å²) in [5.41, 5.74) is -0.743. The van der Waals surface area contributed by atoms with Crippen molar-refractivity contribution in [1.29, 1.82) is 0 Å². The summed E-state index contributed by atoms with van der Waals surface area (Å²) in [4.78, 5) is 13.2. The molecule has 0 aliphatic carbocycles. The van der Waals surface area contributed by atoms with Crippen LogP contribution < -0.4 is 0 Å². The number of aliphatic hydroxyl groups is 1. The van der Waals surface area contributed by atoms with Crippen LogP contribution in [-0.2, 0) is 4.79 Å². The summed E-state index contributed by atoms with van der Waals surface area (Å²) in [7, 11) is 0. The van der Waals surface area contributed by atoms with E-state index in [4.69, 9.17) is 0 Å². The molecule has 1 N–H and O–H groups in total. The standard InChI is InChI=1S/C9H16BrNO2/c1-3-9(2,13)6-11-5-4-7(10)8(11)12/h7,13H,3-6H2,1-2H3. The lowest BCUT2D eigenvalue weighted by atomic mass is 10.0. The predicted octanol–water partition coefficient (Wildman–Crippen LogP) is 1.14. The Morgan fingerprint density at radius 1 is 1.77 bits per heavy atom. The van der Waals surface area contributed by atoms with Gasteiger partial charge in [0.15, 0.2) is 0 Å². The van der Waals surface area contributed by atoms with Crippen molar-refractivity contribution in [3.63, 3.8) is 0 Å². The van der Waals surface area contributed by atoms with Crippen LogP contribution >= 0.6 is 15.9 Å². The first kappa shape index (κ1) is 11.0. The highest BCUT2D eigenvalue weighted by Gasteiger charge is 2.33. The number of nitrogens with zero attached hydrogens (tertiary/aromatic N) is 1. The molecule has 1 aliphatic rings. The van der Waals surface area contributed by atoms with E-state index in [9.17, 15) is 9.90 Å².